The summed E-state index contributed by atoms with van der Waals surface area (Å²) in [5.41, 5.74) is 0.211. The van der Waals surface area contributed by atoms with Gasteiger partial charge in [-0.25, -0.2) is 8.78 Å². The van der Waals surface area contributed by atoms with E-state index in [-0.39, 0.29) is 30.4 Å². The van der Waals surface area contributed by atoms with E-state index in [0.29, 0.717) is 13.1 Å². The molecule has 1 aliphatic heterocycles. The lowest BCUT2D eigenvalue weighted by Gasteiger charge is -2.33. The van der Waals surface area contributed by atoms with E-state index < -0.39 is 11.6 Å². The van der Waals surface area contributed by atoms with E-state index in [1.807, 2.05) is 0 Å². The molecule has 0 saturated carbocycles. The quantitative estimate of drug-likeness (QED) is 0.865. The van der Waals surface area contributed by atoms with Gasteiger partial charge in [0.2, 0.25) is 0 Å². The molecule has 2 rings (SSSR count). The van der Waals surface area contributed by atoms with Crippen LogP contribution in [0, 0.1) is 17.6 Å². The first-order valence-corrected chi connectivity index (χ1v) is 6.10. The second-order valence-electron chi connectivity index (χ2n) is 4.68. The number of piperidine rings is 1. The van der Waals surface area contributed by atoms with Gasteiger partial charge in [-0.2, -0.15) is 0 Å². The smallest absolute Gasteiger partial charge is 0.149 e. The molecule has 3 nitrogen and oxygen atoms in total. The van der Waals surface area contributed by atoms with Crippen molar-refractivity contribution in [3.63, 3.8) is 0 Å². The summed E-state index contributed by atoms with van der Waals surface area (Å²) in [6.45, 7) is 0.831. The van der Waals surface area contributed by atoms with Crippen molar-refractivity contribution < 1.29 is 19.0 Å². The van der Waals surface area contributed by atoms with Gasteiger partial charge in [0.05, 0.1) is 6.61 Å². The molecule has 100 valence electrons. The van der Waals surface area contributed by atoms with E-state index in [2.05, 4.69) is 0 Å². The molecule has 1 saturated heterocycles. The van der Waals surface area contributed by atoms with Crippen molar-refractivity contribution in [1.82, 2.24) is 0 Å². The van der Waals surface area contributed by atoms with Crippen molar-refractivity contribution in [3.05, 3.63) is 29.3 Å². The largest absolute Gasteiger partial charge is 0.396 e. The van der Waals surface area contributed by atoms with E-state index in [4.69, 9.17) is 10.2 Å². The van der Waals surface area contributed by atoms with Gasteiger partial charge in [-0.3, -0.25) is 0 Å². The number of rotatable bonds is 3. The highest BCUT2D eigenvalue weighted by Crippen LogP contribution is 2.29. The minimum absolute atomic E-state index is 0.0245. The highest BCUT2D eigenvalue weighted by atomic mass is 19.1. The molecule has 0 aromatic heterocycles. The molecule has 0 radical (unpaired) electrons. The minimum atomic E-state index is -0.638. The van der Waals surface area contributed by atoms with Gasteiger partial charge in [-0.05, 0) is 36.5 Å². The summed E-state index contributed by atoms with van der Waals surface area (Å²) in [6.07, 6.45) is 1.47. The molecule has 1 fully saturated rings. The SMILES string of the molecule is OCc1cc(F)c(N2CCC(CO)CC2)c(F)c1. The number of benzene rings is 1. The lowest BCUT2D eigenvalue weighted by molar-refractivity contribution is 0.202. The lowest BCUT2D eigenvalue weighted by atomic mass is 9.97. The predicted octanol–water partition coefficient (Wildman–Crippen LogP) is 1.67. The fourth-order valence-corrected chi connectivity index (χ4v) is 2.35. The van der Waals surface area contributed by atoms with Gasteiger partial charge < -0.3 is 15.1 Å². The van der Waals surface area contributed by atoms with Crippen molar-refractivity contribution >= 4 is 5.69 Å². The highest BCUT2D eigenvalue weighted by Gasteiger charge is 2.23. The molecule has 0 aliphatic carbocycles. The molecule has 1 aliphatic rings. The summed E-state index contributed by atoms with van der Waals surface area (Å²) >= 11 is 0. The van der Waals surface area contributed by atoms with Crippen LogP contribution in [-0.4, -0.2) is 29.9 Å². The zero-order valence-electron chi connectivity index (χ0n) is 10.1. The molecule has 0 bridgehead atoms. The second kappa shape index (κ2) is 5.63. The van der Waals surface area contributed by atoms with Gasteiger partial charge in [0, 0.05) is 19.7 Å². The van der Waals surface area contributed by atoms with Crippen LogP contribution in [0.15, 0.2) is 12.1 Å². The lowest BCUT2D eigenvalue weighted by Crippen LogP contribution is -2.35. The topological polar surface area (TPSA) is 43.7 Å². The van der Waals surface area contributed by atoms with E-state index in [1.54, 1.807) is 4.90 Å². The fourth-order valence-electron chi connectivity index (χ4n) is 2.35. The molecule has 0 atom stereocenters. The molecule has 1 aromatic carbocycles. The molecule has 1 heterocycles. The van der Waals surface area contributed by atoms with Crippen LogP contribution < -0.4 is 4.90 Å². The average molecular weight is 257 g/mol. The zero-order valence-corrected chi connectivity index (χ0v) is 10.1. The van der Waals surface area contributed by atoms with Gasteiger partial charge >= 0.3 is 0 Å². The number of halogens is 2. The van der Waals surface area contributed by atoms with Crippen molar-refractivity contribution in [1.29, 1.82) is 0 Å². The maximum absolute atomic E-state index is 13.8. The maximum atomic E-state index is 13.8. The van der Waals surface area contributed by atoms with Crippen molar-refractivity contribution in [2.45, 2.75) is 19.4 Å². The van der Waals surface area contributed by atoms with Crippen LogP contribution in [-0.2, 0) is 6.61 Å². The Balaban J connectivity index is 2.19. The Morgan fingerprint density at radius 1 is 1.11 bits per heavy atom. The van der Waals surface area contributed by atoms with Crippen LogP contribution in [0.25, 0.3) is 0 Å². The molecule has 0 amide bonds. The summed E-state index contributed by atoms with van der Waals surface area (Å²) in [7, 11) is 0. The summed E-state index contributed by atoms with van der Waals surface area (Å²) in [5, 5.41) is 17.9. The Morgan fingerprint density at radius 3 is 2.11 bits per heavy atom. The number of hydrogen-bond donors (Lipinski definition) is 2. The third kappa shape index (κ3) is 2.62. The number of anilines is 1. The number of hydrogen-bond acceptors (Lipinski definition) is 3. The van der Waals surface area contributed by atoms with Gasteiger partial charge in [-0.15, -0.1) is 0 Å². The first kappa shape index (κ1) is 13.2. The molecule has 5 heteroatoms. The zero-order chi connectivity index (χ0) is 13.1. The van der Waals surface area contributed by atoms with Gasteiger partial charge in [-0.1, -0.05) is 0 Å². The average Bonchev–Trinajstić information content (AvgIpc) is 2.38. The first-order valence-electron chi connectivity index (χ1n) is 6.10. The molecule has 0 unspecified atom stereocenters. The maximum Gasteiger partial charge on any atom is 0.149 e. The third-order valence-corrected chi connectivity index (χ3v) is 3.45. The van der Waals surface area contributed by atoms with Crippen LogP contribution in [0.5, 0.6) is 0 Å². The number of aliphatic hydroxyl groups excluding tert-OH is 2. The summed E-state index contributed by atoms with van der Waals surface area (Å²) in [4.78, 5) is 1.66. The van der Waals surface area contributed by atoms with Crippen LogP contribution in [0.2, 0.25) is 0 Å². The standard InChI is InChI=1S/C13H17F2NO2/c14-11-5-10(8-18)6-12(15)13(11)16-3-1-9(7-17)2-4-16/h5-6,9,17-18H,1-4,7-8H2. The molecule has 18 heavy (non-hydrogen) atoms. The van der Waals surface area contributed by atoms with Crippen molar-refractivity contribution in [2.24, 2.45) is 5.92 Å². The monoisotopic (exact) mass is 257 g/mol. The third-order valence-electron chi connectivity index (χ3n) is 3.45. The molecule has 2 N–H and O–H groups in total. The van der Waals surface area contributed by atoms with E-state index in [0.717, 1.165) is 25.0 Å². The van der Waals surface area contributed by atoms with Crippen LogP contribution >= 0.6 is 0 Å². The van der Waals surface area contributed by atoms with Crippen molar-refractivity contribution in [3.8, 4) is 0 Å². The second-order valence-corrected chi connectivity index (χ2v) is 4.68. The van der Waals surface area contributed by atoms with Gasteiger partial charge in [0.25, 0.3) is 0 Å². The van der Waals surface area contributed by atoms with Crippen LogP contribution in [0.4, 0.5) is 14.5 Å². The first-order chi connectivity index (χ1) is 8.65. The number of nitrogens with zero attached hydrogens (tertiary/aromatic N) is 1. The Kier molecular flexibility index (Phi) is 4.14. The molecule has 0 spiro atoms. The number of aliphatic hydroxyl groups is 2. The van der Waals surface area contributed by atoms with E-state index in [9.17, 15) is 8.78 Å². The van der Waals surface area contributed by atoms with E-state index in [1.165, 1.54) is 0 Å². The molecular weight excluding hydrogens is 240 g/mol. The Morgan fingerprint density at radius 2 is 1.67 bits per heavy atom. The highest BCUT2D eigenvalue weighted by molar-refractivity contribution is 5.51. The molecule has 1 aromatic rings. The van der Waals surface area contributed by atoms with Gasteiger partial charge in [0.1, 0.15) is 17.3 Å². The van der Waals surface area contributed by atoms with Crippen LogP contribution in [0.3, 0.4) is 0 Å². The minimum Gasteiger partial charge on any atom is -0.396 e. The summed E-state index contributed by atoms with van der Waals surface area (Å²) in [5.74, 6) is -1.05. The Labute approximate surface area is 105 Å². The molecular formula is C13H17F2NO2. The summed E-state index contributed by atoms with van der Waals surface area (Å²) in [6, 6.07) is 2.33. The van der Waals surface area contributed by atoms with Gasteiger partial charge in [0.15, 0.2) is 0 Å². The van der Waals surface area contributed by atoms with Crippen LogP contribution in [0.1, 0.15) is 18.4 Å². The Hall–Kier alpha value is -1.20. The normalized spacial score (nSPS) is 17.2. The van der Waals surface area contributed by atoms with E-state index >= 15 is 0 Å². The fraction of sp³-hybridized carbons (Fsp3) is 0.538. The van der Waals surface area contributed by atoms with Crippen molar-refractivity contribution in [2.75, 3.05) is 24.6 Å². The Bertz CT molecular complexity index is 394. The predicted molar refractivity (Wildman–Crippen MR) is 64.3 cm³/mol. The summed E-state index contributed by atoms with van der Waals surface area (Å²) < 4.78 is 27.6.